The van der Waals surface area contributed by atoms with Crippen molar-refractivity contribution in [3.05, 3.63) is 71.6 Å². The molecule has 0 unspecified atom stereocenters. The highest BCUT2D eigenvalue weighted by molar-refractivity contribution is 6.05. The van der Waals surface area contributed by atoms with E-state index in [0.717, 1.165) is 5.56 Å². The molecule has 3 rings (SSSR count). The predicted molar refractivity (Wildman–Crippen MR) is 94.0 cm³/mol. The van der Waals surface area contributed by atoms with Gasteiger partial charge < -0.3 is 15.5 Å². The molecule has 0 fully saturated rings. The van der Waals surface area contributed by atoms with E-state index in [-0.39, 0.29) is 12.3 Å². The van der Waals surface area contributed by atoms with Crippen LogP contribution in [0.4, 0.5) is 5.69 Å². The molecule has 2 aromatic heterocycles. The van der Waals surface area contributed by atoms with Crippen molar-refractivity contribution < 1.29 is 14.0 Å². The van der Waals surface area contributed by atoms with Gasteiger partial charge in [0.2, 0.25) is 5.91 Å². The number of carbonyl (C=O) groups excluding carboxylic acids is 2. The number of hydrogen-bond donors (Lipinski definition) is 2. The first kappa shape index (κ1) is 16.4. The van der Waals surface area contributed by atoms with Crippen molar-refractivity contribution in [3.8, 4) is 11.5 Å². The smallest absolute Gasteiger partial charge is 0.257 e. The fraction of sp³-hybridized carbons (Fsp3) is 0.105. The van der Waals surface area contributed by atoms with E-state index in [1.54, 1.807) is 55.7 Å². The second kappa shape index (κ2) is 7.00. The van der Waals surface area contributed by atoms with Gasteiger partial charge in [-0.15, -0.1) is 0 Å². The summed E-state index contributed by atoms with van der Waals surface area (Å²) in [5.74, 6) is 0.00822. The average Bonchev–Trinajstić information content (AvgIpc) is 3.10. The summed E-state index contributed by atoms with van der Waals surface area (Å²) in [6, 6.07) is 14.0. The summed E-state index contributed by atoms with van der Waals surface area (Å²) in [6.45, 7) is 1.78. The van der Waals surface area contributed by atoms with Crippen LogP contribution in [0.5, 0.6) is 0 Å². The van der Waals surface area contributed by atoms with Crippen LogP contribution >= 0.6 is 0 Å². The van der Waals surface area contributed by atoms with Crippen molar-refractivity contribution in [1.82, 2.24) is 4.98 Å². The highest BCUT2D eigenvalue weighted by Gasteiger charge is 2.13. The van der Waals surface area contributed by atoms with E-state index in [2.05, 4.69) is 10.3 Å². The van der Waals surface area contributed by atoms with Crippen molar-refractivity contribution in [2.75, 3.05) is 5.32 Å². The Hall–Kier alpha value is -3.41. The Morgan fingerprint density at radius 2 is 1.88 bits per heavy atom. The van der Waals surface area contributed by atoms with E-state index in [1.807, 2.05) is 6.07 Å². The summed E-state index contributed by atoms with van der Waals surface area (Å²) in [5, 5.41) is 2.82. The standard InChI is InChI=1S/C19H17N3O3/c1-12-15(8-9-16(21-12)17-3-2-10-25-17)19(24)22-14-6-4-13(5-7-14)11-18(20)23/h2-10H,11H2,1H3,(H2,20,23)(H,22,24). The molecular weight excluding hydrogens is 318 g/mol. The fourth-order valence-corrected chi connectivity index (χ4v) is 2.47. The van der Waals surface area contributed by atoms with Crippen molar-refractivity contribution in [3.63, 3.8) is 0 Å². The number of rotatable bonds is 5. The average molecular weight is 335 g/mol. The molecule has 0 saturated heterocycles. The normalized spacial score (nSPS) is 10.4. The molecule has 2 heterocycles. The van der Waals surface area contributed by atoms with Gasteiger partial charge in [0.05, 0.1) is 23.9 Å². The Balaban J connectivity index is 1.74. The highest BCUT2D eigenvalue weighted by atomic mass is 16.3. The van der Waals surface area contributed by atoms with Crippen LogP contribution in [0, 0.1) is 6.92 Å². The molecule has 0 aliphatic rings. The molecule has 25 heavy (non-hydrogen) atoms. The lowest BCUT2D eigenvalue weighted by molar-refractivity contribution is -0.117. The monoisotopic (exact) mass is 335 g/mol. The molecule has 6 heteroatoms. The molecule has 6 nitrogen and oxygen atoms in total. The fourth-order valence-electron chi connectivity index (χ4n) is 2.47. The molecule has 0 aliphatic heterocycles. The number of pyridine rings is 1. The Labute approximate surface area is 144 Å². The van der Waals surface area contributed by atoms with Gasteiger partial charge in [-0.05, 0) is 48.9 Å². The SMILES string of the molecule is Cc1nc(-c2ccco2)ccc1C(=O)Nc1ccc(CC(N)=O)cc1. The minimum Gasteiger partial charge on any atom is -0.463 e. The van der Waals surface area contributed by atoms with E-state index in [9.17, 15) is 9.59 Å². The maximum Gasteiger partial charge on any atom is 0.257 e. The predicted octanol–water partition coefficient (Wildman–Crippen LogP) is 2.93. The summed E-state index contributed by atoms with van der Waals surface area (Å²) in [5.41, 5.74) is 8.36. The molecule has 3 aromatic rings. The van der Waals surface area contributed by atoms with Crippen molar-refractivity contribution in [2.45, 2.75) is 13.3 Å². The molecule has 0 aliphatic carbocycles. The highest BCUT2D eigenvalue weighted by Crippen LogP contribution is 2.20. The van der Waals surface area contributed by atoms with Gasteiger partial charge in [0.1, 0.15) is 5.69 Å². The maximum absolute atomic E-state index is 12.4. The maximum atomic E-state index is 12.4. The number of nitrogens with two attached hydrogens (primary N) is 1. The number of aromatic nitrogens is 1. The van der Waals surface area contributed by atoms with Crippen LogP contribution in [0.1, 0.15) is 21.6 Å². The first-order valence-electron chi connectivity index (χ1n) is 7.73. The number of nitrogens with zero attached hydrogens (tertiary/aromatic N) is 1. The Bertz CT molecular complexity index is 900. The molecule has 3 N–H and O–H groups in total. The van der Waals surface area contributed by atoms with Gasteiger partial charge in [-0.3, -0.25) is 9.59 Å². The summed E-state index contributed by atoms with van der Waals surface area (Å²) in [7, 11) is 0. The van der Waals surface area contributed by atoms with Crippen LogP contribution in [-0.2, 0) is 11.2 Å². The van der Waals surface area contributed by atoms with Gasteiger partial charge in [-0.1, -0.05) is 12.1 Å². The summed E-state index contributed by atoms with van der Waals surface area (Å²) < 4.78 is 5.31. The molecule has 0 atom stereocenters. The number of furan rings is 1. The number of primary amides is 1. The molecule has 2 amide bonds. The van der Waals surface area contributed by atoms with Gasteiger partial charge in [0.15, 0.2) is 5.76 Å². The van der Waals surface area contributed by atoms with Crippen LogP contribution in [0.3, 0.4) is 0 Å². The lowest BCUT2D eigenvalue weighted by Gasteiger charge is -2.09. The lowest BCUT2D eigenvalue weighted by atomic mass is 10.1. The third-order valence-corrected chi connectivity index (χ3v) is 3.69. The summed E-state index contributed by atoms with van der Waals surface area (Å²) in [6.07, 6.45) is 1.75. The lowest BCUT2D eigenvalue weighted by Crippen LogP contribution is -2.15. The third-order valence-electron chi connectivity index (χ3n) is 3.69. The van der Waals surface area contributed by atoms with E-state index >= 15 is 0 Å². The third kappa shape index (κ3) is 3.92. The molecule has 126 valence electrons. The Morgan fingerprint density at radius 1 is 1.12 bits per heavy atom. The molecule has 0 spiro atoms. The quantitative estimate of drug-likeness (QED) is 0.749. The Morgan fingerprint density at radius 3 is 2.48 bits per heavy atom. The molecular formula is C19H17N3O3. The van der Waals surface area contributed by atoms with Gasteiger partial charge >= 0.3 is 0 Å². The van der Waals surface area contributed by atoms with Crippen molar-refractivity contribution in [1.29, 1.82) is 0 Å². The van der Waals surface area contributed by atoms with E-state index < -0.39 is 5.91 Å². The van der Waals surface area contributed by atoms with Gasteiger partial charge in [0.25, 0.3) is 5.91 Å². The van der Waals surface area contributed by atoms with E-state index in [1.165, 1.54) is 0 Å². The summed E-state index contributed by atoms with van der Waals surface area (Å²) >= 11 is 0. The van der Waals surface area contributed by atoms with Crippen molar-refractivity contribution in [2.24, 2.45) is 5.73 Å². The topological polar surface area (TPSA) is 98.2 Å². The number of nitrogens with one attached hydrogen (secondary N) is 1. The van der Waals surface area contributed by atoms with Crippen molar-refractivity contribution >= 4 is 17.5 Å². The number of amides is 2. The van der Waals surface area contributed by atoms with Crippen LogP contribution in [0.2, 0.25) is 0 Å². The number of carbonyl (C=O) groups is 2. The first-order valence-corrected chi connectivity index (χ1v) is 7.73. The number of anilines is 1. The zero-order valence-corrected chi connectivity index (χ0v) is 13.7. The van der Waals surface area contributed by atoms with E-state index in [4.69, 9.17) is 10.2 Å². The molecule has 1 aromatic carbocycles. The minimum absolute atomic E-state index is 0.172. The summed E-state index contributed by atoms with van der Waals surface area (Å²) in [4.78, 5) is 27.8. The number of hydrogen-bond acceptors (Lipinski definition) is 4. The van der Waals surface area contributed by atoms with Gasteiger partial charge in [-0.2, -0.15) is 0 Å². The van der Waals surface area contributed by atoms with Crippen LogP contribution < -0.4 is 11.1 Å². The van der Waals surface area contributed by atoms with Crippen LogP contribution in [0.25, 0.3) is 11.5 Å². The molecule has 0 radical (unpaired) electrons. The van der Waals surface area contributed by atoms with Gasteiger partial charge in [-0.25, -0.2) is 4.98 Å². The minimum atomic E-state index is -0.393. The zero-order chi connectivity index (χ0) is 17.8. The zero-order valence-electron chi connectivity index (χ0n) is 13.7. The first-order chi connectivity index (χ1) is 12.0. The van der Waals surface area contributed by atoms with Crippen LogP contribution in [-0.4, -0.2) is 16.8 Å². The number of benzene rings is 1. The number of aryl methyl sites for hydroxylation is 1. The largest absolute Gasteiger partial charge is 0.463 e. The van der Waals surface area contributed by atoms with Crippen LogP contribution in [0.15, 0.2) is 59.2 Å². The second-order valence-corrected chi connectivity index (χ2v) is 5.60. The Kier molecular flexibility index (Phi) is 4.61. The van der Waals surface area contributed by atoms with Gasteiger partial charge in [0, 0.05) is 5.69 Å². The van der Waals surface area contributed by atoms with E-state index in [0.29, 0.717) is 28.4 Å². The second-order valence-electron chi connectivity index (χ2n) is 5.60. The molecule has 0 saturated carbocycles. The molecule has 0 bridgehead atoms.